The number of aliphatic carboxylic acids is 1. The number of likely N-dealkylation sites (tertiary alicyclic amines) is 1. The van der Waals surface area contributed by atoms with Gasteiger partial charge in [0.15, 0.2) is 0 Å². The van der Waals surface area contributed by atoms with Crippen molar-refractivity contribution in [1.29, 1.82) is 0 Å². The Morgan fingerprint density at radius 3 is 2.44 bits per heavy atom. The molecule has 0 bridgehead atoms. The number of amides is 1. The molecule has 0 spiro atoms. The predicted octanol–water partition coefficient (Wildman–Crippen LogP) is 4.05. The fourth-order valence-corrected chi connectivity index (χ4v) is 3.62. The Kier molecular flexibility index (Phi) is 8.77. The van der Waals surface area contributed by atoms with Gasteiger partial charge in [-0.05, 0) is 44.4 Å². The van der Waals surface area contributed by atoms with E-state index in [9.17, 15) is 18.0 Å². The van der Waals surface area contributed by atoms with Gasteiger partial charge in [0.2, 0.25) is 0 Å². The number of hydrogen-bond acceptors (Lipinski definition) is 4. The molecule has 32 heavy (non-hydrogen) atoms. The van der Waals surface area contributed by atoms with Crippen LogP contribution >= 0.6 is 0 Å². The minimum atomic E-state index is -5.08. The molecular weight excluding hydrogens is 425 g/mol. The third-order valence-electron chi connectivity index (χ3n) is 5.24. The number of carbonyl (C=O) groups excluding carboxylic acids is 1. The van der Waals surface area contributed by atoms with Crippen LogP contribution < -0.4 is 0 Å². The molecule has 174 valence electrons. The van der Waals surface area contributed by atoms with E-state index in [2.05, 4.69) is 36.2 Å². The van der Waals surface area contributed by atoms with Crippen molar-refractivity contribution >= 4 is 11.9 Å². The van der Waals surface area contributed by atoms with E-state index in [1.54, 1.807) is 13.3 Å². The van der Waals surface area contributed by atoms with Gasteiger partial charge in [0.25, 0.3) is 5.91 Å². The lowest BCUT2D eigenvalue weighted by Gasteiger charge is -2.38. The van der Waals surface area contributed by atoms with Gasteiger partial charge in [0.1, 0.15) is 0 Å². The van der Waals surface area contributed by atoms with E-state index in [0.29, 0.717) is 11.5 Å². The minimum absolute atomic E-state index is 0.0660. The van der Waals surface area contributed by atoms with Crippen molar-refractivity contribution in [2.45, 2.75) is 39.0 Å². The summed E-state index contributed by atoms with van der Waals surface area (Å²) in [5.41, 5.74) is 4.15. The van der Waals surface area contributed by atoms with Crippen LogP contribution in [0.1, 0.15) is 33.6 Å². The second-order valence-corrected chi connectivity index (χ2v) is 7.76. The molecule has 1 amide bonds. The summed E-state index contributed by atoms with van der Waals surface area (Å²) in [6, 6.07) is 12.3. The van der Waals surface area contributed by atoms with Crippen LogP contribution in [-0.4, -0.2) is 59.3 Å². The molecule has 2 aromatic rings. The molecular formula is C23H27F3N2O4. The minimum Gasteiger partial charge on any atom is -0.475 e. The van der Waals surface area contributed by atoms with Gasteiger partial charge in [-0.2, -0.15) is 13.2 Å². The van der Waals surface area contributed by atoms with Crippen LogP contribution in [0.25, 0.3) is 0 Å². The highest BCUT2D eigenvalue weighted by Crippen LogP contribution is 2.25. The van der Waals surface area contributed by atoms with E-state index in [0.717, 1.165) is 31.6 Å². The second kappa shape index (κ2) is 11.1. The number of carboxylic acids is 1. The molecule has 0 radical (unpaired) electrons. The van der Waals surface area contributed by atoms with Crippen molar-refractivity contribution in [2.75, 3.05) is 20.2 Å². The summed E-state index contributed by atoms with van der Waals surface area (Å²) in [7, 11) is 1.77. The van der Waals surface area contributed by atoms with Crippen LogP contribution in [0.4, 0.5) is 13.2 Å². The number of benzene rings is 1. The molecule has 0 aliphatic carbocycles. The normalized spacial score (nSPS) is 18.5. The zero-order valence-corrected chi connectivity index (χ0v) is 18.2. The maximum absolute atomic E-state index is 12.8. The number of methoxy groups -OCH3 is 1. The summed E-state index contributed by atoms with van der Waals surface area (Å²) < 4.78 is 37.4. The largest absolute Gasteiger partial charge is 0.490 e. The third-order valence-corrected chi connectivity index (χ3v) is 5.24. The molecule has 1 aliphatic heterocycles. The maximum Gasteiger partial charge on any atom is 0.490 e. The van der Waals surface area contributed by atoms with Crippen molar-refractivity contribution in [3.05, 3.63) is 65.0 Å². The van der Waals surface area contributed by atoms with Gasteiger partial charge in [0.05, 0.1) is 11.7 Å². The lowest BCUT2D eigenvalue weighted by atomic mass is 9.88. The molecule has 2 heterocycles. The van der Waals surface area contributed by atoms with Crippen molar-refractivity contribution in [2.24, 2.45) is 5.92 Å². The first-order chi connectivity index (χ1) is 15.0. The van der Waals surface area contributed by atoms with Crippen LogP contribution in [0, 0.1) is 19.8 Å². The molecule has 9 heteroatoms. The van der Waals surface area contributed by atoms with Gasteiger partial charge in [-0.3, -0.25) is 9.78 Å². The van der Waals surface area contributed by atoms with Gasteiger partial charge >= 0.3 is 12.1 Å². The number of hydrogen-bond donors (Lipinski definition) is 1. The number of rotatable bonds is 4. The fraction of sp³-hybridized carbons (Fsp3) is 0.435. The average Bonchev–Trinajstić information content (AvgIpc) is 2.73. The second-order valence-electron chi connectivity index (χ2n) is 7.76. The van der Waals surface area contributed by atoms with Crippen LogP contribution in [-0.2, 0) is 16.0 Å². The van der Waals surface area contributed by atoms with Crippen LogP contribution in [0.2, 0.25) is 0 Å². The summed E-state index contributed by atoms with van der Waals surface area (Å²) in [6.45, 7) is 5.49. The van der Waals surface area contributed by atoms with Gasteiger partial charge in [-0.25, -0.2) is 4.79 Å². The summed E-state index contributed by atoms with van der Waals surface area (Å²) in [4.78, 5) is 27.9. The Labute approximate surface area is 185 Å². The number of alkyl halides is 3. The fourth-order valence-electron chi connectivity index (χ4n) is 3.62. The van der Waals surface area contributed by atoms with Gasteiger partial charge in [-0.15, -0.1) is 0 Å². The van der Waals surface area contributed by atoms with Crippen LogP contribution in [0.15, 0.2) is 42.6 Å². The first-order valence-corrected chi connectivity index (χ1v) is 10.1. The van der Waals surface area contributed by atoms with E-state index in [4.69, 9.17) is 14.6 Å². The standard InChI is InChI=1S/C21H26N2O2.C2HF3O2/c1-15-5-4-6-17(11-15)12-19-14-23(10-9-20(19)25-3)21(24)18-8-7-16(2)22-13-18;3-2(4,5)1(6)7/h4-8,11,13,19-20H,9-10,12,14H2,1-3H3;(H,6,7)/t19-,20-;/m0./s1. The Balaban J connectivity index is 0.000000451. The molecule has 0 saturated carbocycles. The van der Waals surface area contributed by atoms with Gasteiger partial charge in [0, 0.05) is 38.0 Å². The van der Waals surface area contributed by atoms with E-state index in [1.165, 1.54) is 11.1 Å². The highest BCUT2D eigenvalue weighted by atomic mass is 19.4. The number of pyridine rings is 1. The highest BCUT2D eigenvalue weighted by molar-refractivity contribution is 5.94. The lowest BCUT2D eigenvalue weighted by molar-refractivity contribution is -0.192. The summed E-state index contributed by atoms with van der Waals surface area (Å²) in [6.07, 6.45) is -1.41. The van der Waals surface area contributed by atoms with Crippen molar-refractivity contribution < 1.29 is 32.6 Å². The first kappa shape index (κ1) is 25.3. The van der Waals surface area contributed by atoms with E-state index >= 15 is 0 Å². The molecule has 1 N–H and O–H groups in total. The Bertz CT molecular complexity index is 916. The van der Waals surface area contributed by atoms with E-state index in [1.807, 2.05) is 24.0 Å². The monoisotopic (exact) mass is 452 g/mol. The number of nitrogens with zero attached hydrogens (tertiary/aromatic N) is 2. The average molecular weight is 452 g/mol. The maximum atomic E-state index is 12.8. The predicted molar refractivity (Wildman–Crippen MR) is 112 cm³/mol. The highest BCUT2D eigenvalue weighted by Gasteiger charge is 2.38. The Hall–Kier alpha value is -2.94. The molecule has 6 nitrogen and oxygen atoms in total. The number of piperidine rings is 1. The SMILES string of the molecule is CO[C@H]1CCN(C(=O)c2ccc(C)nc2)C[C@@H]1Cc1cccc(C)c1.O=C(O)C(F)(F)F. The number of carboxylic acid groups (broad SMARTS) is 1. The van der Waals surface area contributed by atoms with Crippen LogP contribution in [0.3, 0.4) is 0 Å². The van der Waals surface area contributed by atoms with Crippen molar-refractivity contribution in [1.82, 2.24) is 9.88 Å². The molecule has 2 atom stereocenters. The molecule has 0 unspecified atom stereocenters. The first-order valence-electron chi connectivity index (χ1n) is 10.1. The van der Waals surface area contributed by atoms with E-state index in [-0.39, 0.29) is 12.0 Å². The number of aryl methyl sites for hydroxylation is 2. The smallest absolute Gasteiger partial charge is 0.475 e. The van der Waals surface area contributed by atoms with Gasteiger partial charge < -0.3 is 14.7 Å². The Morgan fingerprint density at radius 2 is 1.91 bits per heavy atom. The van der Waals surface area contributed by atoms with E-state index < -0.39 is 12.1 Å². The topological polar surface area (TPSA) is 79.7 Å². The number of ether oxygens (including phenoxy) is 1. The van der Waals surface area contributed by atoms with Crippen molar-refractivity contribution in [3.8, 4) is 0 Å². The molecule has 3 rings (SSSR count). The zero-order valence-electron chi connectivity index (χ0n) is 18.2. The molecule has 1 aromatic carbocycles. The number of carbonyl (C=O) groups is 2. The quantitative estimate of drug-likeness (QED) is 0.757. The molecule has 1 fully saturated rings. The van der Waals surface area contributed by atoms with Crippen LogP contribution in [0.5, 0.6) is 0 Å². The van der Waals surface area contributed by atoms with Crippen molar-refractivity contribution in [3.63, 3.8) is 0 Å². The summed E-state index contributed by atoms with van der Waals surface area (Å²) in [5.74, 6) is -2.38. The molecule has 1 aliphatic rings. The number of halogens is 3. The van der Waals surface area contributed by atoms with Gasteiger partial charge in [-0.1, -0.05) is 29.8 Å². The summed E-state index contributed by atoms with van der Waals surface area (Å²) in [5, 5.41) is 7.12. The number of aromatic nitrogens is 1. The third kappa shape index (κ3) is 7.33. The Morgan fingerprint density at radius 1 is 1.22 bits per heavy atom. The summed E-state index contributed by atoms with van der Waals surface area (Å²) >= 11 is 0. The molecule has 1 aromatic heterocycles. The zero-order chi connectivity index (χ0) is 23.9. The molecule has 1 saturated heterocycles. The lowest BCUT2D eigenvalue weighted by Crippen LogP contribution is -2.47.